The van der Waals surface area contributed by atoms with E-state index < -0.39 is 48.8 Å². The Labute approximate surface area is 383 Å². The Bertz CT molecular complexity index is 2840. The molecule has 66 heavy (non-hydrogen) atoms. The Kier molecular flexibility index (Phi) is 13.1. The van der Waals surface area contributed by atoms with E-state index in [-0.39, 0.29) is 90.2 Å². The van der Waals surface area contributed by atoms with Crippen LogP contribution in [0.25, 0.3) is 11.0 Å². The Morgan fingerprint density at radius 1 is 0.879 bits per heavy atom. The van der Waals surface area contributed by atoms with E-state index in [2.05, 4.69) is 78.6 Å². The first-order valence-corrected chi connectivity index (χ1v) is 22.8. The molecule has 11 nitrogen and oxygen atoms in total. The maximum Gasteiger partial charge on any atom is 0.339 e. The third kappa shape index (κ3) is 8.99. The maximum absolute atomic E-state index is 15.0. The van der Waals surface area contributed by atoms with Gasteiger partial charge in [0.2, 0.25) is 0 Å². The zero-order chi connectivity index (χ0) is 46.0. The van der Waals surface area contributed by atoms with E-state index in [0.717, 1.165) is 28.7 Å². The second-order valence-corrected chi connectivity index (χ2v) is 18.1. The monoisotopic (exact) mass is 890 g/mol. The average molecular weight is 891 g/mol. The van der Waals surface area contributed by atoms with Crippen molar-refractivity contribution in [1.82, 2.24) is 0 Å². The maximum atomic E-state index is 15.0. The molecule has 1 aromatic heterocycles. The molecule has 4 aliphatic rings. The van der Waals surface area contributed by atoms with Crippen LogP contribution in [0.5, 0.6) is 5.75 Å². The third-order valence-corrected chi connectivity index (χ3v) is 13.8. The molecule has 0 fully saturated rings. The lowest BCUT2D eigenvalue weighted by atomic mass is 9.71. The second kappa shape index (κ2) is 19.3. The van der Waals surface area contributed by atoms with E-state index in [1.807, 2.05) is 18.2 Å². The smallest absolute Gasteiger partial charge is 0.339 e. The Morgan fingerprint density at radius 3 is 2.52 bits per heavy atom. The van der Waals surface area contributed by atoms with Gasteiger partial charge in [0.25, 0.3) is 0 Å². The van der Waals surface area contributed by atoms with Crippen molar-refractivity contribution < 1.29 is 48.3 Å². The van der Waals surface area contributed by atoms with Gasteiger partial charge in [0.05, 0.1) is 31.8 Å². The summed E-state index contributed by atoms with van der Waals surface area (Å²) in [5, 5.41) is 30.7. The minimum atomic E-state index is -1.39. The lowest BCUT2D eigenvalue weighted by Crippen LogP contribution is -2.54. The predicted molar refractivity (Wildman–Crippen MR) is 247 cm³/mol. The van der Waals surface area contributed by atoms with Crippen LogP contribution in [0, 0.1) is 17.8 Å². The number of fused-ring (bicyclic) bond motifs is 9. The number of benzene rings is 4. The van der Waals surface area contributed by atoms with Gasteiger partial charge in [0.1, 0.15) is 18.1 Å². The van der Waals surface area contributed by atoms with E-state index in [9.17, 15) is 29.7 Å². The van der Waals surface area contributed by atoms with Crippen LogP contribution in [-0.4, -0.2) is 59.0 Å². The molecule has 5 bridgehead atoms. The van der Waals surface area contributed by atoms with Gasteiger partial charge >= 0.3 is 17.6 Å². The molecule has 9 rings (SSSR count). The molecule has 0 saturated heterocycles. The number of carbonyl (C=O) groups is 2. The van der Waals surface area contributed by atoms with Gasteiger partial charge in [-0.1, -0.05) is 96.8 Å². The molecule has 6 atom stereocenters. The summed E-state index contributed by atoms with van der Waals surface area (Å²) in [5.41, 5.74) is 5.89. The van der Waals surface area contributed by atoms with Crippen molar-refractivity contribution in [3.05, 3.63) is 169 Å². The zero-order valence-corrected chi connectivity index (χ0v) is 37.2. The van der Waals surface area contributed by atoms with Gasteiger partial charge in [-0.2, -0.15) is 0 Å². The van der Waals surface area contributed by atoms with Crippen LogP contribution in [0.3, 0.4) is 0 Å². The first-order chi connectivity index (χ1) is 32.1. The van der Waals surface area contributed by atoms with E-state index in [1.165, 1.54) is 11.1 Å². The van der Waals surface area contributed by atoms with Gasteiger partial charge in [-0.3, -0.25) is 4.79 Å². The number of aliphatic hydroxyl groups excluding tert-OH is 3. The first kappa shape index (κ1) is 44.9. The van der Waals surface area contributed by atoms with Crippen LogP contribution in [-0.2, 0) is 56.1 Å². The number of rotatable bonds is 9. The molecule has 3 N–H and O–H groups in total. The lowest BCUT2D eigenvalue weighted by molar-refractivity contribution is -0.190. The number of esters is 2. The van der Waals surface area contributed by atoms with Crippen LogP contribution in [0.4, 0.5) is 0 Å². The number of aryl methyl sites for hydroxylation is 1. The quantitative estimate of drug-likeness (QED) is 0.0252. The summed E-state index contributed by atoms with van der Waals surface area (Å²) in [6.45, 7) is 1.99. The van der Waals surface area contributed by atoms with Crippen LogP contribution in [0.15, 0.2) is 117 Å². The van der Waals surface area contributed by atoms with Crippen molar-refractivity contribution in [3.63, 3.8) is 0 Å². The molecule has 0 amide bonds. The normalized spacial score (nSPS) is 24.4. The number of allylic oxidation sites excluding steroid dienone is 2. The van der Waals surface area contributed by atoms with E-state index in [4.69, 9.17) is 23.4 Å². The number of carbonyl (C=O) groups excluding carboxylic acids is 2. The molecule has 4 aromatic carbocycles. The SMILES string of the molecule is CC(CO)=C1CCc2ccc3c(c2)CC#CCC2(C)Oc4ccc5c(CO)c(CCOCO)c(=O)oc5c4C(OC(=O)CC4CC(c5cccc(Cc6ccccc6)c5)C=CC34)C2OC1=O. The Balaban J connectivity index is 1.20. The highest BCUT2D eigenvalue weighted by atomic mass is 16.6. The van der Waals surface area contributed by atoms with E-state index in [1.54, 1.807) is 26.0 Å². The van der Waals surface area contributed by atoms with Gasteiger partial charge in [-0.15, -0.1) is 0 Å². The largest absolute Gasteiger partial charge is 0.482 e. The standard InChI is InChI=1S/C55H54O11/c1-33(30-56)41-17-14-35-15-18-42-39(26-35)12-6-7-23-55(2)52(65-53(41)60)51(49-47(66-55)21-20-44-46(31-57)45(22-24-62-32-58)54(61)64-50(44)49)63-48(59)29-40-28-38(16-19-43(40)42)37-13-8-11-36(27-37)25-34-9-4-3-5-10-34/h3-5,8-11,13,15-16,18-21,26-27,38,40,43,51-52,56-58H,12,14,17,22-25,28-32H2,1-2H3. The van der Waals surface area contributed by atoms with Crippen molar-refractivity contribution in [2.45, 2.75) is 101 Å². The number of hydrogen-bond acceptors (Lipinski definition) is 11. The molecule has 4 heterocycles. The van der Waals surface area contributed by atoms with Crippen molar-refractivity contribution >= 4 is 22.9 Å². The number of ether oxygens (including phenoxy) is 4. The molecule has 0 saturated carbocycles. The fourth-order valence-electron chi connectivity index (χ4n) is 10.3. The summed E-state index contributed by atoms with van der Waals surface area (Å²) < 4.78 is 31.2. The predicted octanol–water partition coefficient (Wildman–Crippen LogP) is 7.77. The molecule has 6 unspecified atom stereocenters. The Morgan fingerprint density at radius 2 is 1.71 bits per heavy atom. The van der Waals surface area contributed by atoms with Crippen molar-refractivity contribution in [2.75, 3.05) is 20.0 Å². The van der Waals surface area contributed by atoms with Gasteiger partial charge in [0, 0.05) is 47.6 Å². The van der Waals surface area contributed by atoms with Crippen LogP contribution < -0.4 is 10.4 Å². The van der Waals surface area contributed by atoms with Crippen LogP contribution in [0.2, 0.25) is 0 Å². The lowest BCUT2D eigenvalue weighted by Gasteiger charge is -2.45. The van der Waals surface area contributed by atoms with Crippen LogP contribution in [0.1, 0.15) is 108 Å². The van der Waals surface area contributed by atoms with Gasteiger partial charge < -0.3 is 38.7 Å². The average Bonchev–Trinajstić information content (AvgIpc) is 3.31. The van der Waals surface area contributed by atoms with Crippen molar-refractivity contribution in [2.24, 2.45) is 5.92 Å². The fourth-order valence-corrected chi connectivity index (χ4v) is 10.3. The minimum absolute atomic E-state index is 0.00260. The summed E-state index contributed by atoms with van der Waals surface area (Å²) in [4.78, 5) is 43.4. The Hall–Kier alpha value is -6.29. The minimum Gasteiger partial charge on any atom is -0.482 e. The second-order valence-electron chi connectivity index (χ2n) is 18.1. The zero-order valence-electron chi connectivity index (χ0n) is 37.2. The van der Waals surface area contributed by atoms with Crippen molar-refractivity contribution in [3.8, 4) is 17.6 Å². The molecule has 5 aromatic rings. The third-order valence-electron chi connectivity index (χ3n) is 13.8. The summed E-state index contributed by atoms with van der Waals surface area (Å²) in [5.74, 6) is 5.35. The number of aliphatic hydroxyl groups is 3. The van der Waals surface area contributed by atoms with E-state index in [0.29, 0.717) is 30.2 Å². The van der Waals surface area contributed by atoms with Crippen LogP contribution >= 0.6 is 0 Å². The number of hydrogen-bond donors (Lipinski definition) is 3. The molecule has 11 heteroatoms. The highest BCUT2D eigenvalue weighted by Gasteiger charge is 2.53. The first-order valence-electron chi connectivity index (χ1n) is 22.8. The van der Waals surface area contributed by atoms with Crippen molar-refractivity contribution in [1.29, 1.82) is 0 Å². The molecule has 340 valence electrons. The summed E-state index contributed by atoms with van der Waals surface area (Å²) in [6.07, 6.45) is 4.56. The van der Waals surface area contributed by atoms with E-state index >= 15 is 0 Å². The molecular formula is C55H54O11. The molecular weight excluding hydrogens is 837 g/mol. The highest BCUT2D eigenvalue weighted by Crippen LogP contribution is 2.50. The topological polar surface area (TPSA) is 162 Å². The summed E-state index contributed by atoms with van der Waals surface area (Å²) >= 11 is 0. The molecule has 0 radical (unpaired) electrons. The van der Waals surface area contributed by atoms with Gasteiger partial charge in [0.15, 0.2) is 17.8 Å². The molecule has 3 aliphatic heterocycles. The molecule has 0 spiro atoms. The van der Waals surface area contributed by atoms with Gasteiger partial charge in [-0.25, -0.2) is 9.59 Å². The van der Waals surface area contributed by atoms with Gasteiger partial charge in [-0.05, 0) is 102 Å². The molecule has 1 aliphatic carbocycles. The summed E-state index contributed by atoms with van der Waals surface area (Å²) in [6, 6.07) is 28.7. The highest BCUT2D eigenvalue weighted by molar-refractivity contribution is 5.90. The summed E-state index contributed by atoms with van der Waals surface area (Å²) in [7, 11) is 0. The fraction of sp³-hybridized carbons (Fsp3) is 0.364.